The third-order valence-electron chi connectivity index (χ3n) is 3.63. The highest BCUT2D eigenvalue weighted by Gasteiger charge is 2.16. The van der Waals surface area contributed by atoms with E-state index in [0.717, 1.165) is 34.4 Å². The van der Waals surface area contributed by atoms with E-state index in [1.807, 2.05) is 30.3 Å². The molecule has 0 fully saturated rings. The number of anilines is 1. The van der Waals surface area contributed by atoms with Crippen molar-refractivity contribution in [3.63, 3.8) is 0 Å². The molecule has 0 unspecified atom stereocenters. The summed E-state index contributed by atoms with van der Waals surface area (Å²) in [4.78, 5) is 0. The Kier molecular flexibility index (Phi) is 2.79. The molecule has 0 amide bonds. The van der Waals surface area contributed by atoms with Crippen molar-refractivity contribution in [1.82, 2.24) is 0 Å². The normalized spacial score (nSPS) is 11.1. The molecule has 0 aliphatic heterocycles. The van der Waals surface area contributed by atoms with Gasteiger partial charge in [0.15, 0.2) is 0 Å². The van der Waals surface area contributed by atoms with Gasteiger partial charge in [-0.2, -0.15) is 0 Å². The maximum absolute atomic E-state index is 6.03. The first kappa shape index (κ1) is 11.8. The van der Waals surface area contributed by atoms with Crippen LogP contribution in [0.4, 0.5) is 5.69 Å². The van der Waals surface area contributed by atoms with Crippen LogP contribution in [0.25, 0.3) is 22.1 Å². The largest absolute Gasteiger partial charge is 0.460 e. The number of fused-ring (bicyclic) bond motifs is 1. The topological polar surface area (TPSA) is 39.2 Å². The Labute approximate surface area is 112 Å². The van der Waals surface area contributed by atoms with Gasteiger partial charge in [0.05, 0.1) is 0 Å². The molecule has 2 N–H and O–H groups in total. The third kappa shape index (κ3) is 1.80. The molecule has 96 valence electrons. The number of benzene rings is 2. The van der Waals surface area contributed by atoms with Gasteiger partial charge in [-0.1, -0.05) is 37.3 Å². The van der Waals surface area contributed by atoms with Gasteiger partial charge in [0, 0.05) is 23.1 Å². The van der Waals surface area contributed by atoms with Crippen LogP contribution in [0.1, 0.15) is 18.2 Å². The van der Waals surface area contributed by atoms with Gasteiger partial charge in [0.2, 0.25) is 0 Å². The summed E-state index contributed by atoms with van der Waals surface area (Å²) in [6.07, 6.45) is 0.873. The quantitative estimate of drug-likeness (QED) is 0.678. The molecule has 0 radical (unpaired) electrons. The molecule has 3 aromatic rings. The first-order chi connectivity index (χ1) is 9.22. The van der Waals surface area contributed by atoms with E-state index in [-0.39, 0.29) is 0 Å². The van der Waals surface area contributed by atoms with Gasteiger partial charge in [-0.15, -0.1) is 0 Å². The third-order valence-corrected chi connectivity index (χ3v) is 3.63. The smallest absolute Gasteiger partial charge is 0.134 e. The zero-order valence-electron chi connectivity index (χ0n) is 11.2. The van der Waals surface area contributed by atoms with Gasteiger partial charge in [0.1, 0.15) is 11.3 Å². The molecule has 0 aliphatic rings. The lowest BCUT2D eigenvalue weighted by molar-refractivity contribution is 0.558. The summed E-state index contributed by atoms with van der Waals surface area (Å²) >= 11 is 0. The predicted octanol–water partition coefficient (Wildman–Crippen LogP) is 4.55. The Balaban J connectivity index is 2.38. The number of hydrogen-bond donors (Lipinski definition) is 1. The number of para-hydroxylation sites is 1. The molecule has 0 spiro atoms. The second-order valence-electron chi connectivity index (χ2n) is 4.77. The molecule has 19 heavy (non-hydrogen) atoms. The van der Waals surface area contributed by atoms with Crippen molar-refractivity contribution in [2.24, 2.45) is 0 Å². The van der Waals surface area contributed by atoms with Crippen molar-refractivity contribution in [3.8, 4) is 11.1 Å². The monoisotopic (exact) mass is 251 g/mol. The standard InChI is InChI=1S/C17H17NO/c1-3-15-17(12-8-6-9-14(18)11(12)2)13-7-4-5-10-16(13)19-15/h4-10H,3,18H2,1-2H3. The molecule has 2 heteroatoms. The van der Waals surface area contributed by atoms with Crippen LogP contribution >= 0.6 is 0 Å². The highest BCUT2D eigenvalue weighted by atomic mass is 16.3. The average molecular weight is 251 g/mol. The van der Waals surface area contributed by atoms with E-state index in [1.165, 1.54) is 11.1 Å². The Bertz CT molecular complexity index is 740. The summed E-state index contributed by atoms with van der Waals surface area (Å²) in [6.45, 7) is 4.18. The number of rotatable bonds is 2. The summed E-state index contributed by atoms with van der Waals surface area (Å²) in [7, 11) is 0. The number of nitrogen functional groups attached to an aromatic ring is 1. The average Bonchev–Trinajstić information content (AvgIpc) is 2.80. The highest BCUT2D eigenvalue weighted by molar-refractivity contribution is 5.97. The highest BCUT2D eigenvalue weighted by Crippen LogP contribution is 2.37. The van der Waals surface area contributed by atoms with E-state index in [1.54, 1.807) is 0 Å². The minimum absolute atomic E-state index is 0.824. The van der Waals surface area contributed by atoms with Crippen molar-refractivity contribution in [2.75, 3.05) is 5.73 Å². The molecule has 0 saturated carbocycles. The summed E-state index contributed by atoms with van der Waals surface area (Å²) in [5.41, 5.74) is 11.3. The van der Waals surface area contributed by atoms with E-state index in [4.69, 9.17) is 10.2 Å². The lowest BCUT2D eigenvalue weighted by Gasteiger charge is -2.08. The Morgan fingerprint density at radius 1 is 1.05 bits per heavy atom. The first-order valence-corrected chi connectivity index (χ1v) is 6.58. The molecule has 0 saturated heterocycles. The molecular formula is C17H17NO. The number of furan rings is 1. The fraction of sp³-hybridized carbons (Fsp3) is 0.176. The molecule has 0 aliphatic carbocycles. The van der Waals surface area contributed by atoms with Crippen LogP contribution in [0.5, 0.6) is 0 Å². The van der Waals surface area contributed by atoms with Crippen molar-refractivity contribution in [3.05, 3.63) is 53.8 Å². The minimum atomic E-state index is 0.824. The van der Waals surface area contributed by atoms with Gasteiger partial charge in [-0.05, 0) is 30.2 Å². The summed E-state index contributed by atoms with van der Waals surface area (Å²) < 4.78 is 5.96. The molecule has 1 aromatic heterocycles. The summed E-state index contributed by atoms with van der Waals surface area (Å²) in [5.74, 6) is 1.02. The second-order valence-corrected chi connectivity index (χ2v) is 4.77. The maximum atomic E-state index is 6.03. The number of hydrogen-bond acceptors (Lipinski definition) is 2. The number of aryl methyl sites for hydroxylation is 1. The zero-order chi connectivity index (χ0) is 13.4. The lowest BCUT2D eigenvalue weighted by atomic mass is 9.96. The van der Waals surface area contributed by atoms with Crippen molar-refractivity contribution < 1.29 is 4.42 Å². The van der Waals surface area contributed by atoms with Crippen LogP contribution in [0.15, 0.2) is 46.9 Å². The lowest BCUT2D eigenvalue weighted by Crippen LogP contribution is -1.93. The SMILES string of the molecule is CCc1oc2ccccc2c1-c1cccc(N)c1C. The van der Waals surface area contributed by atoms with Crippen LogP contribution in [-0.4, -0.2) is 0 Å². The van der Waals surface area contributed by atoms with Gasteiger partial charge in [0.25, 0.3) is 0 Å². The Hall–Kier alpha value is -2.22. The molecule has 2 nitrogen and oxygen atoms in total. The zero-order valence-corrected chi connectivity index (χ0v) is 11.2. The van der Waals surface area contributed by atoms with Crippen molar-refractivity contribution >= 4 is 16.7 Å². The Morgan fingerprint density at radius 3 is 2.63 bits per heavy atom. The van der Waals surface area contributed by atoms with E-state index in [0.29, 0.717) is 0 Å². The van der Waals surface area contributed by atoms with E-state index in [9.17, 15) is 0 Å². The van der Waals surface area contributed by atoms with Crippen molar-refractivity contribution in [2.45, 2.75) is 20.3 Å². The molecule has 0 bridgehead atoms. The van der Waals surface area contributed by atoms with E-state index >= 15 is 0 Å². The second kappa shape index (κ2) is 4.47. The van der Waals surface area contributed by atoms with Crippen LogP contribution in [0.3, 0.4) is 0 Å². The minimum Gasteiger partial charge on any atom is -0.460 e. The van der Waals surface area contributed by atoms with Gasteiger partial charge < -0.3 is 10.2 Å². The predicted molar refractivity (Wildman–Crippen MR) is 80.2 cm³/mol. The van der Waals surface area contributed by atoms with E-state index in [2.05, 4.69) is 26.0 Å². The molecule has 0 atom stereocenters. The van der Waals surface area contributed by atoms with Crippen LogP contribution in [-0.2, 0) is 6.42 Å². The van der Waals surface area contributed by atoms with Gasteiger partial charge in [-0.3, -0.25) is 0 Å². The van der Waals surface area contributed by atoms with Crippen LogP contribution in [0.2, 0.25) is 0 Å². The summed E-state index contributed by atoms with van der Waals surface area (Å²) in [5, 5.41) is 1.16. The number of nitrogens with two attached hydrogens (primary N) is 1. The molecular weight excluding hydrogens is 234 g/mol. The van der Waals surface area contributed by atoms with E-state index < -0.39 is 0 Å². The fourth-order valence-corrected chi connectivity index (χ4v) is 2.56. The van der Waals surface area contributed by atoms with Crippen LogP contribution < -0.4 is 5.73 Å². The van der Waals surface area contributed by atoms with Crippen molar-refractivity contribution in [1.29, 1.82) is 0 Å². The molecule has 1 heterocycles. The van der Waals surface area contributed by atoms with Gasteiger partial charge in [-0.25, -0.2) is 0 Å². The molecule has 2 aromatic carbocycles. The fourth-order valence-electron chi connectivity index (χ4n) is 2.56. The Morgan fingerprint density at radius 2 is 1.84 bits per heavy atom. The first-order valence-electron chi connectivity index (χ1n) is 6.58. The molecule has 3 rings (SSSR count). The maximum Gasteiger partial charge on any atom is 0.134 e. The van der Waals surface area contributed by atoms with Gasteiger partial charge >= 0.3 is 0 Å². The summed E-state index contributed by atoms with van der Waals surface area (Å²) in [6, 6.07) is 14.2. The van der Waals surface area contributed by atoms with Crippen LogP contribution in [0, 0.1) is 6.92 Å².